The summed E-state index contributed by atoms with van der Waals surface area (Å²) in [6.45, 7) is 8.58. The lowest BCUT2D eigenvalue weighted by Crippen LogP contribution is -2.26. The Hall–Kier alpha value is -4.35. The molecule has 0 aliphatic rings. The summed E-state index contributed by atoms with van der Waals surface area (Å²) in [5.74, 6) is 2.57. The molecule has 0 amide bonds. The van der Waals surface area contributed by atoms with Crippen LogP contribution in [0.4, 0.5) is 0 Å². The fourth-order valence-electron chi connectivity index (χ4n) is 5.57. The topological polar surface area (TPSA) is 39.5 Å². The molecule has 0 N–H and O–H groups in total. The highest BCUT2D eigenvalue weighted by Gasteiger charge is 2.22. The van der Waals surface area contributed by atoms with Crippen molar-refractivity contribution in [3.05, 3.63) is 126 Å². The van der Waals surface area contributed by atoms with Crippen LogP contribution in [0, 0.1) is 0 Å². The van der Waals surface area contributed by atoms with Crippen LogP contribution in [0.5, 0.6) is 11.5 Å². The maximum atomic E-state index is 6.15. The van der Waals surface area contributed by atoms with Crippen LogP contribution in [0.3, 0.4) is 0 Å². The molecule has 0 bridgehead atoms. The summed E-state index contributed by atoms with van der Waals surface area (Å²) in [4.78, 5) is 7.89. The number of imidazole rings is 1. The Morgan fingerprint density at radius 3 is 2.00 bits per heavy atom. The second kappa shape index (κ2) is 15.9. The lowest BCUT2D eigenvalue weighted by Gasteiger charge is -2.25. The predicted molar refractivity (Wildman–Crippen MR) is 181 cm³/mol. The van der Waals surface area contributed by atoms with Crippen LogP contribution in [-0.2, 0) is 26.2 Å². The van der Waals surface area contributed by atoms with Gasteiger partial charge in [0.05, 0.1) is 18.5 Å². The van der Waals surface area contributed by atoms with Gasteiger partial charge in [-0.1, -0.05) is 124 Å². The molecule has 5 aromatic rings. The van der Waals surface area contributed by atoms with E-state index in [4.69, 9.17) is 14.5 Å². The molecule has 5 nitrogen and oxygen atoms in total. The molecule has 0 aliphatic carbocycles. The van der Waals surface area contributed by atoms with E-state index >= 15 is 0 Å². The van der Waals surface area contributed by atoms with Crippen molar-refractivity contribution in [1.82, 2.24) is 14.5 Å². The molecule has 0 spiro atoms. The van der Waals surface area contributed by atoms with Gasteiger partial charge in [0.1, 0.15) is 12.4 Å². The van der Waals surface area contributed by atoms with Crippen molar-refractivity contribution in [2.75, 3.05) is 13.7 Å². The van der Waals surface area contributed by atoms with E-state index in [1.807, 2.05) is 24.3 Å². The van der Waals surface area contributed by atoms with Crippen molar-refractivity contribution < 1.29 is 9.47 Å². The molecular formula is C39H45N3O2. The van der Waals surface area contributed by atoms with Crippen molar-refractivity contribution in [3.63, 3.8) is 0 Å². The first-order valence-electron chi connectivity index (χ1n) is 16.0. The van der Waals surface area contributed by atoms with Crippen LogP contribution in [0.25, 0.3) is 22.6 Å². The minimum Gasteiger partial charge on any atom is -0.493 e. The molecule has 0 radical (unpaired) electrons. The van der Waals surface area contributed by atoms with E-state index in [1.54, 1.807) is 7.11 Å². The van der Waals surface area contributed by atoms with Gasteiger partial charge in [0, 0.05) is 30.8 Å². The smallest absolute Gasteiger partial charge is 0.161 e. The SMILES string of the molecule is CCCCN(Cc1ccc(OCc2ccccc2)c(OC)c1)Cc1c(-c2ccccc2)nc(-c2ccccc2)n1CCCC. The van der Waals surface area contributed by atoms with Gasteiger partial charge >= 0.3 is 0 Å². The van der Waals surface area contributed by atoms with Gasteiger partial charge < -0.3 is 14.0 Å². The Morgan fingerprint density at radius 2 is 1.34 bits per heavy atom. The van der Waals surface area contributed by atoms with E-state index < -0.39 is 0 Å². The summed E-state index contributed by atoms with van der Waals surface area (Å²) >= 11 is 0. The first kappa shape index (κ1) is 31.1. The Balaban J connectivity index is 1.47. The van der Waals surface area contributed by atoms with Gasteiger partial charge in [-0.3, -0.25) is 4.90 Å². The van der Waals surface area contributed by atoms with Crippen molar-refractivity contribution in [2.45, 2.75) is 65.8 Å². The molecule has 0 aliphatic heterocycles. The van der Waals surface area contributed by atoms with Gasteiger partial charge in [-0.25, -0.2) is 4.98 Å². The quantitative estimate of drug-likeness (QED) is 0.115. The van der Waals surface area contributed by atoms with Crippen LogP contribution >= 0.6 is 0 Å². The van der Waals surface area contributed by atoms with Crippen LogP contribution in [0.2, 0.25) is 0 Å². The third-order valence-corrected chi connectivity index (χ3v) is 7.96. The molecule has 0 saturated carbocycles. The standard InChI is InChI=1S/C39H45N3O2/c1-4-6-25-41(28-32-23-24-36(37(27-32)43-3)44-30-31-17-11-8-12-18-31)29-35-38(33-19-13-9-14-20-33)40-39(42(35)26-7-5-2)34-21-15-10-16-22-34/h8-24,27H,4-7,25-26,28-30H2,1-3H3. The monoisotopic (exact) mass is 587 g/mol. The number of hydrogen-bond donors (Lipinski definition) is 0. The number of aromatic nitrogens is 2. The average Bonchev–Trinajstić information content (AvgIpc) is 3.44. The second-order valence-electron chi connectivity index (χ2n) is 11.3. The van der Waals surface area contributed by atoms with Gasteiger partial charge in [0.2, 0.25) is 0 Å². The van der Waals surface area contributed by atoms with Crippen LogP contribution < -0.4 is 9.47 Å². The summed E-state index contributed by atoms with van der Waals surface area (Å²) in [5, 5.41) is 0. The highest BCUT2D eigenvalue weighted by atomic mass is 16.5. The zero-order valence-corrected chi connectivity index (χ0v) is 26.4. The minimum absolute atomic E-state index is 0.507. The normalized spacial score (nSPS) is 11.2. The molecule has 4 aromatic carbocycles. The molecule has 0 fully saturated rings. The molecule has 1 aromatic heterocycles. The number of unbranched alkanes of at least 4 members (excludes halogenated alkanes) is 2. The third-order valence-electron chi connectivity index (χ3n) is 7.96. The molecular weight excluding hydrogens is 542 g/mol. The molecule has 0 saturated heterocycles. The van der Waals surface area contributed by atoms with Crippen molar-refractivity contribution in [3.8, 4) is 34.1 Å². The number of benzene rings is 4. The molecule has 5 heteroatoms. The second-order valence-corrected chi connectivity index (χ2v) is 11.3. The fourth-order valence-corrected chi connectivity index (χ4v) is 5.57. The zero-order valence-electron chi connectivity index (χ0n) is 26.4. The Labute approximate surface area is 263 Å². The minimum atomic E-state index is 0.507. The summed E-state index contributed by atoms with van der Waals surface area (Å²) in [6.07, 6.45) is 4.51. The van der Waals surface area contributed by atoms with E-state index in [2.05, 4.69) is 108 Å². The van der Waals surface area contributed by atoms with E-state index in [1.165, 1.54) is 11.3 Å². The van der Waals surface area contributed by atoms with E-state index in [0.29, 0.717) is 6.61 Å². The first-order chi connectivity index (χ1) is 21.7. The van der Waals surface area contributed by atoms with E-state index in [9.17, 15) is 0 Å². The number of hydrogen-bond acceptors (Lipinski definition) is 4. The van der Waals surface area contributed by atoms with E-state index in [-0.39, 0.29) is 0 Å². The molecule has 0 atom stereocenters. The summed E-state index contributed by atoms with van der Waals surface area (Å²) in [5.41, 5.74) is 7.00. The largest absolute Gasteiger partial charge is 0.493 e. The summed E-state index contributed by atoms with van der Waals surface area (Å²) < 4.78 is 14.4. The average molecular weight is 588 g/mol. The van der Waals surface area contributed by atoms with Gasteiger partial charge in [-0.05, 0) is 42.6 Å². The molecule has 1 heterocycles. The maximum absolute atomic E-state index is 6.15. The number of rotatable bonds is 16. The third kappa shape index (κ3) is 7.97. The van der Waals surface area contributed by atoms with Gasteiger partial charge in [-0.2, -0.15) is 0 Å². The van der Waals surface area contributed by atoms with Crippen molar-refractivity contribution in [1.29, 1.82) is 0 Å². The molecule has 0 unspecified atom stereocenters. The molecule has 44 heavy (non-hydrogen) atoms. The van der Waals surface area contributed by atoms with E-state index in [0.717, 1.165) is 91.6 Å². The fraction of sp³-hybridized carbons (Fsp3) is 0.308. The Morgan fingerprint density at radius 1 is 0.682 bits per heavy atom. The highest BCUT2D eigenvalue weighted by molar-refractivity contribution is 5.68. The maximum Gasteiger partial charge on any atom is 0.161 e. The number of nitrogens with zero attached hydrogens (tertiary/aromatic N) is 3. The lowest BCUT2D eigenvalue weighted by atomic mass is 10.1. The van der Waals surface area contributed by atoms with Crippen molar-refractivity contribution >= 4 is 0 Å². The number of methoxy groups -OCH3 is 1. The summed E-state index contributed by atoms with van der Waals surface area (Å²) in [6, 6.07) is 37.8. The molecule has 228 valence electrons. The zero-order chi connectivity index (χ0) is 30.6. The van der Waals surface area contributed by atoms with Crippen LogP contribution in [-0.4, -0.2) is 28.1 Å². The Kier molecular flexibility index (Phi) is 11.3. The van der Waals surface area contributed by atoms with Gasteiger partial charge in [0.15, 0.2) is 11.5 Å². The van der Waals surface area contributed by atoms with Gasteiger partial charge in [0.25, 0.3) is 0 Å². The number of ether oxygens (including phenoxy) is 2. The first-order valence-corrected chi connectivity index (χ1v) is 16.0. The van der Waals surface area contributed by atoms with Crippen molar-refractivity contribution in [2.24, 2.45) is 0 Å². The highest BCUT2D eigenvalue weighted by Crippen LogP contribution is 2.33. The van der Waals surface area contributed by atoms with Crippen LogP contribution in [0.15, 0.2) is 109 Å². The summed E-state index contributed by atoms with van der Waals surface area (Å²) in [7, 11) is 1.72. The molecule has 5 rings (SSSR count). The Bertz CT molecular complexity index is 1570. The van der Waals surface area contributed by atoms with Gasteiger partial charge in [-0.15, -0.1) is 0 Å². The van der Waals surface area contributed by atoms with Crippen LogP contribution in [0.1, 0.15) is 56.4 Å². The predicted octanol–water partition coefficient (Wildman–Crippen LogP) is 9.41. The lowest BCUT2D eigenvalue weighted by molar-refractivity contribution is 0.245.